The molecule has 1 amide bonds. The van der Waals surface area contributed by atoms with Crippen molar-refractivity contribution in [2.45, 2.75) is 75.2 Å². The molecule has 0 spiro atoms. The third-order valence-electron chi connectivity index (χ3n) is 8.64. The van der Waals surface area contributed by atoms with E-state index in [1.54, 1.807) is 37.8 Å². The number of hydrogen-bond acceptors (Lipinski definition) is 7. The first kappa shape index (κ1) is 28.4. The van der Waals surface area contributed by atoms with Crippen molar-refractivity contribution in [1.29, 1.82) is 0 Å². The molecule has 9 nitrogen and oxygen atoms in total. The van der Waals surface area contributed by atoms with E-state index in [1.165, 1.54) is 0 Å². The summed E-state index contributed by atoms with van der Waals surface area (Å²) in [4.78, 5) is 13.7. The van der Waals surface area contributed by atoms with Gasteiger partial charge < -0.3 is 19.5 Å². The van der Waals surface area contributed by atoms with Gasteiger partial charge in [0.1, 0.15) is 35.4 Å². The van der Waals surface area contributed by atoms with Crippen molar-refractivity contribution in [2.24, 2.45) is 5.41 Å². The molecule has 2 bridgehead atoms. The zero-order chi connectivity index (χ0) is 30.1. The Labute approximate surface area is 239 Å². The summed E-state index contributed by atoms with van der Waals surface area (Å²) in [6, 6.07) is 9.39. The van der Waals surface area contributed by atoms with Gasteiger partial charge in [0, 0.05) is 17.0 Å². The van der Waals surface area contributed by atoms with E-state index in [2.05, 4.69) is 15.5 Å². The molecule has 4 fully saturated rings. The Morgan fingerprint density at radius 3 is 2.31 bits per heavy atom. The first-order valence-electron chi connectivity index (χ1n) is 13.7. The summed E-state index contributed by atoms with van der Waals surface area (Å²) in [6.45, 7) is 5.40. The highest BCUT2D eigenvalue weighted by Crippen LogP contribution is 2.80. The summed E-state index contributed by atoms with van der Waals surface area (Å²) in [5.41, 5.74) is -5.53. The minimum absolute atomic E-state index is 0.0847. The second-order valence-corrected chi connectivity index (χ2v) is 12.8. The number of aromatic nitrogens is 4. The van der Waals surface area contributed by atoms with Crippen LogP contribution in [-0.4, -0.2) is 67.0 Å². The molecule has 7 rings (SSSR count). The Hall–Kier alpha value is -3.74. The molecule has 1 atom stereocenters. The lowest BCUT2D eigenvalue weighted by Crippen LogP contribution is -2.76. The molecule has 3 aromatic rings. The number of carbonyl (C=O) groups is 1. The summed E-state index contributed by atoms with van der Waals surface area (Å²) >= 11 is 0. The van der Waals surface area contributed by atoms with Gasteiger partial charge in [-0.05, 0) is 85.7 Å². The Morgan fingerprint density at radius 2 is 1.74 bits per heavy atom. The number of halogens is 4. The monoisotopic (exact) mass is 589 g/mol. The van der Waals surface area contributed by atoms with Crippen LogP contribution in [0.4, 0.5) is 22.4 Å². The molecule has 224 valence electrons. The summed E-state index contributed by atoms with van der Waals surface area (Å²) in [7, 11) is 0. The van der Waals surface area contributed by atoms with Crippen LogP contribution in [-0.2, 0) is 22.3 Å². The van der Waals surface area contributed by atoms with E-state index in [-0.39, 0.29) is 31.5 Å². The van der Waals surface area contributed by atoms with E-state index in [0.717, 1.165) is 28.7 Å². The molecule has 1 unspecified atom stereocenters. The topological polar surface area (TPSA) is 103 Å². The standard InChI is InChI=1S/C29H31F4N5O4/c1-25(2,3)42-24(39)37-11-21(12-37)41-20-7-4-18(5-8-20)26-13-27(14-26,15-26)29(32,33)28(40,16-38-17-34-35-36-38)22-9-6-19(30)10-23(22)31/h4-10,17,21,40H,11-16H2,1-3H3. The number of carbonyl (C=O) groups excluding carboxylic acids is 1. The predicted octanol–water partition coefficient (Wildman–Crippen LogP) is 4.59. The van der Waals surface area contributed by atoms with Crippen molar-refractivity contribution >= 4 is 6.09 Å². The van der Waals surface area contributed by atoms with E-state index in [4.69, 9.17) is 9.47 Å². The van der Waals surface area contributed by atoms with Gasteiger partial charge in [-0.1, -0.05) is 12.1 Å². The second kappa shape index (κ2) is 9.38. The SMILES string of the molecule is CC(C)(C)OC(=O)N1CC(Oc2ccc(C34CC(C(F)(F)C(O)(Cn5cnnn5)c5ccc(F)cc5F)(C3)C4)cc2)C1. The highest BCUT2D eigenvalue weighted by atomic mass is 19.3. The van der Waals surface area contributed by atoms with Gasteiger partial charge in [0.15, 0.2) is 5.60 Å². The van der Waals surface area contributed by atoms with Crippen LogP contribution in [0.2, 0.25) is 0 Å². The lowest BCUT2D eigenvalue weighted by molar-refractivity contribution is -0.347. The van der Waals surface area contributed by atoms with Crippen molar-refractivity contribution in [3.8, 4) is 5.75 Å². The fraction of sp³-hybridized carbons (Fsp3) is 0.517. The number of alkyl halides is 2. The number of amides is 1. The Kier molecular flexibility index (Phi) is 6.34. The van der Waals surface area contributed by atoms with E-state index in [1.807, 2.05) is 12.1 Å². The van der Waals surface area contributed by atoms with Crippen LogP contribution in [0.3, 0.4) is 0 Å². The number of rotatable bonds is 8. The van der Waals surface area contributed by atoms with Crippen molar-refractivity contribution in [3.05, 3.63) is 71.6 Å². The summed E-state index contributed by atoms with van der Waals surface area (Å²) in [6.07, 6.45) is 0.738. The molecule has 1 aliphatic heterocycles. The van der Waals surface area contributed by atoms with E-state index in [9.17, 15) is 18.7 Å². The fourth-order valence-corrected chi connectivity index (χ4v) is 6.60. The molecule has 42 heavy (non-hydrogen) atoms. The third-order valence-corrected chi connectivity index (χ3v) is 8.64. The van der Waals surface area contributed by atoms with Crippen LogP contribution in [0, 0.1) is 17.0 Å². The quantitative estimate of drug-likeness (QED) is 0.384. The van der Waals surface area contributed by atoms with Crippen LogP contribution >= 0.6 is 0 Å². The number of likely N-dealkylation sites (tertiary alicyclic amines) is 1. The number of benzene rings is 2. The van der Waals surface area contributed by atoms with Gasteiger partial charge in [-0.3, -0.25) is 0 Å². The minimum Gasteiger partial charge on any atom is -0.487 e. The van der Waals surface area contributed by atoms with Crippen LogP contribution in [0.15, 0.2) is 48.8 Å². The van der Waals surface area contributed by atoms with Gasteiger partial charge in [-0.2, -0.15) is 0 Å². The zero-order valence-electron chi connectivity index (χ0n) is 23.4. The normalized spacial score (nSPS) is 25.1. The van der Waals surface area contributed by atoms with Crippen LogP contribution < -0.4 is 4.74 Å². The van der Waals surface area contributed by atoms with Gasteiger partial charge in [-0.25, -0.2) is 27.0 Å². The molecule has 3 saturated carbocycles. The number of hydrogen-bond donors (Lipinski definition) is 1. The van der Waals surface area contributed by atoms with E-state index in [0.29, 0.717) is 24.9 Å². The average Bonchev–Trinajstić information content (AvgIpc) is 3.31. The van der Waals surface area contributed by atoms with Crippen molar-refractivity contribution < 1.29 is 36.9 Å². The number of ether oxygens (including phenoxy) is 2. The van der Waals surface area contributed by atoms with Gasteiger partial charge in [0.25, 0.3) is 5.92 Å². The Bertz CT molecular complexity index is 1470. The smallest absolute Gasteiger partial charge is 0.410 e. The predicted molar refractivity (Wildman–Crippen MR) is 140 cm³/mol. The molecule has 1 N–H and O–H groups in total. The highest BCUT2D eigenvalue weighted by molar-refractivity contribution is 5.69. The Morgan fingerprint density at radius 1 is 1.07 bits per heavy atom. The van der Waals surface area contributed by atoms with Gasteiger partial charge >= 0.3 is 6.09 Å². The van der Waals surface area contributed by atoms with Crippen LogP contribution in [0.5, 0.6) is 5.75 Å². The molecule has 3 aliphatic carbocycles. The first-order chi connectivity index (χ1) is 19.7. The molecule has 13 heteroatoms. The molecular formula is C29H31F4N5O4. The number of nitrogens with zero attached hydrogens (tertiary/aromatic N) is 5. The first-order valence-corrected chi connectivity index (χ1v) is 13.7. The molecule has 2 aromatic carbocycles. The Balaban J connectivity index is 1.13. The molecule has 1 aromatic heterocycles. The maximum absolute atomic E-state index is 16.4. The highest BCUT2D eigenvalue weighted by Gasteiger charge is 2.82. The van der Waals surface area contributed by atoms with E-state index >= 15 is 8.78 Å². The molecule has 4 aliphatic rings. The lowest BCUT2D eigenvalue weighted by Gasteiger charge is -2.74. The second-order valence-electron chi connectivity index (χ2n) is 12.8. The fourth-order valence-electron chi connectivity index (χ4n) is 6.60. The van der Waals surface area contributed by atoms with Gasteiger partial charge in [-0.15, -0.1) is 5.10 Å². The van der Waals surface area contributed by atoms with Gasteiger partial charge in [0.05, 0.1) is 19.6 Å². The number of tetrazole rings is 1. The zero-order valence-corrected chi connectivity index (χ0v) is 23.4. The summed E-state index contributed by atoms with van der Waals surface area (Å²) < 4.78 is 73.4. The average molecular weight is 590 g/mol. The lowest BCUT2D eigenvalue weighted by atomic mass is 9.30. The number of aliphatic hydroxyl groups is 1. The summed E-state index contributed by atoms with van der Waals surface area (Å²) in [5.74, 6) is -5.41. The minimum atomic E-state index is -3.79. The maximum Gasteiger partial charge on any atom is 0.410 e. The van der Waals surface area contributed by atoms with Crippen LogP contribution in [0.25, 0.3) is 0 Å². The largest absolute Gasteiger partial charge is 0.487 e. The molecular weight excluding hydrogens is 558 g/mol. The maximum atomic E-state index is 16.4. The van der Waals surface area contributed by atoms with Crippen molar-refractivity contribution in [2.75, 3.05) is 13.1 Å². The van der Waals surface area contributed by atoms with Crippen molar-refractivity contribution in [1.82, 2.24) is 25.1 Å². The molecule has 1 saturated heterocycles. The van der Waals surface area contributed by atoms with Gasteiger partial charge in [0.2, 0.25) is 0 Å². The van der Waals surface area contributed by atoms with Crippen molar-refractivity contribution in [3.63, 3.8) is 0 Å². The van der Waals surface area contributed by atoms with E-state index < -0.39 is 51.7 Å². The molecule has 2 heterocycles. The molecule has 0 radical (unpaired) electrons. The third kappa shape index (κ3) is 4.48. The summed E-state index contributed by atoms with van der Waals surface area (Å²) in [5, 5.41) is 21.9. The van der Waals surface area contributed by atoms with Crippen LogP contribution in [0.1, 0.15) is 51.2 Å².